The van der Waals surface area contributed by atoms with Gasteiger partial charge in [0.25, 0.3) is 10.1 Å². The van der Waals surface area contributed by atoms with Crippen molar-refractivity contribution in [3.63, 3.8) is 0 Å². The molecule has 0 spiro atoms. The molecule has 1 aromatic heterocycles. The maximum atomic E-state index is 11.7. The molecule has 6 heteroatoms. The van der Waals surface area contributed by atoms with Gasteiger partial charge < -0.3 is 0 Å². The molecule has 3 nitrogen and oxygen atoms in total. The maximum absolute atomic E-state index is 11.7. The Balaban J connectivity index is 2.99. The summed E-state index contributed by atoms with van der Waals surface area (Å²) in [6, 6.07) is 3.40. The van der Waals surface area contributed by atoms with Crippen LogP contribution in [0.3, 0.4) is 0 Å². The topological polar surface area (TPSA) is 54.4 Å². The van der Waals surface area contributed by atoms with Gasteiger partial charge in [0.05, 0.1) is 8.91 Å². The van der Waals surface area contributed by atoms with Crippen LogP contribution >= 0.6 is 24.0 Å². The van der Waals surface area contributed by atoms with Crippen LogP contribution in [0.1, 0.15) is 31.9 Å². The Labute approximate surface area is 134 Å². The lowest BCUT2D eigenvalue weighted by molar-refractivity contribution is 0.484. The maximum Gasteiger partial charge on any atom is 0.295 e. The summed E-state index contributed by atoms with van der Waals surface area (Å²) in [5.41, 5.74) is 2.37. The molecule has 0 saturated heterocycles. The van der Waals surface area contributed by atoms with Crippen LogP contribution in [0.2, 0.25) is 0 Å². The van der Waals surface area contributed by atoms with E-state index in [1.54, 1.807) is 6.07 Å². The van der Waals surface area contributed by atoms with E-state index < -0.39 is 15.5 Å². The lowest BCUT2D eigenvalue weighted by atomic mass is 9.76. The van der Waals surface area contributed by atoms with Crippen LogP contribution in [0.4, 0.5) is 0 Å². The summed E-state index contributed by atoms with van der Waals surface area (Å²) in [6.45, 7) is 11.8. The van der Waals surface area contributed by atoms with Gasteiger partial charge in [-0.1, -0.05) is 26.0 Å². The number of fused-ring (bicyclic) bond motifs is 1. The minimum absolute atomic E-state index is 0.0577. The molecule has 2 rings (SSSR count). The van der Waals surface area contributed by atoms with E-state index >= 15 is 0 Å². The van der Waals surface area contributed by atoms with Crippen LogP contribution in [0.25, 0.3) is 10.1 Å². The van der Waals surface area contributed by atoms with Crippen molar-refractivity contribution in [2.24, 2.45) is 0 Å². The molecule has 0 saturated carbocycles. The van der Waals surface area contributed by atoms with Crippen LogP contribution in [0.15, 0.2) is 33.4 Å². The molecule has 0 bridgehead atoms. The molecular formula is C15H18O3S3. The van der Waals surface area contributed by atoms with Gasteiger partial charge in [-0.2, -0.15) is 8.42 Å². The first kappa shape index (κ1) is 16.5. The first-order chi connectivity index (χ1) is 9.46. The second kappa shape index (κ2) is 5.12. The Kier molecular flexibility index (Phi) is 4.04. The molecule has 0 aliphatic rings. The largest absolute Gasteiger partial charge is 0.295 e. The molecule has 1 N–H and O–H groups in total. The van der Waals surface area contributed by atoms with Crippen LogP contribution in [0, 0.1) is 6.92 Å². The van der Waals surface area contributed by atoms with Crippen molar-refractivity contribution in [2.75, 3.05) is 0 Å². The van der Waals surface area contributed by atoms with Crippen LogP contribution in [-0.2, 0) is 15.5 Å². The van der Waals surface area contributed by atoms with Gasteiger partial charge >= 0.3 is 0 Å². The Hall–Kier alpha value is -0.820. The van der Waals surface area contributed by atoms with E-state index in [-0.39, 0.29) is 4.90 Å². The number of benzene rings is 1. The Morgan fingerprint density at radius 2 is 1.95 bits per heavy atom. The lowest BCUT2D eigenvalue weighted by Gasteiger charge is -2.28. The second-order valence-corrected chi connectivity index (χ2v) is 8.98. The third-order valence-corrected chi connectivity index (χ3v) is 6.43. The van der Waals surface area contributed by atoms with E-state index in [4.69, 9.17) is 0 Å². The molecule has 0 fully saturated rings. The van der Waals surface area contributed by atoms with Crippen molar-refractivity contribution in [1.82, 2.24) is 0 Å². The third kappa shape index (κ3) is 2.77. The molecule has 0 aliphatic heterocycles. The smallest absolute Gasteiger partial charge is 0.282 e. The number of aryl methyl sites for hydroxylation is 1. The van der Waals surface area contributed by atoms with E-state index in [9.17, 15) is 13.0 Å². The van der Waals surface area contributed by atoms with Crippen molar-refractivity contribution < 1.29 is 13.0 Å². The first-order valence-corrected chi connectivity index (χ1v) is 9.06. The van der Waals surface area contributed by atoms with E-state index in [1.807, 2.05) is 33.8 Å². The van der Waals surface area contributed by atoms with Gasteiger partial charge in [0.2, 0.25) is 0 Å². The monoisotopic (exact) mass is 342 g/mol. The highest BCUT2D eigenvalue weighted by Gasteiger charge is 2.28. The third-order valence-electron chi connectivity index (χ3n) is 4.04. The molecule has 0 aliphatic carbocycles. The molecule has 0 unspecified atom stereocenters. The Bertz CT molecular complexity index is 843. The van der Waals surface area contributed by atoms with Crippen molar-refractivity contribution in [3.05, 3.63) is 35.4 Å². The molecule has 114 valence electrons. The molecule has 0 atom stereocenters. The predicted molar refractivity (Wildman–Crippen MR) is 91.5 cm³/mol. The SMILES string of the molecule is C=C(C)C(C)(C)c1cc(S(=O)(=O)O)c2sc(S)cc2c1C. The van der Waals surface area contributed by atoms with E-state index in [2.05, 4.69) is 19.2 Å². The number of allylic oxidation sites excluding steroid dienone is 1. The van der Waals surface area contributed by atoms with Gasteiger partial charge in [0.1, 0.15) is 4.90 Å². The number of hydrogen-bond donors (Lipinski definition) is 2. The molecule has 1 aromatic carbocycles. The number of thiophene rings is 1. The summed E-state index contributed by atoms with van der Waals surface area (Å²) in [6.07, 6.45) is 0. The van der Waals surface area contributed by atoms with Gasteiger partial charge in [-0.05, 0) is 42.5 Å². The highest BCUT2D eigenvalue weighted by Crippen LogP contribution is 2.42. The standard InChI is InChI=1S/C15H18O3S3/c1-8(2)15(4,5)11-7-12(21(16,17)18)14-10(9(11)3)6-13(19)20-14/h6-7,19H,1H2,2-5H3,(H,16,17,18). The fraction of sp³-hybridized carbons (Fsp3) is 0.333. The molecule has 2 aromatic rings. The molecule has 0 amide bonds. The number of hydrogen-bond acceptors (Lipinski definition) is 4. The highest BCUT2D eigenvalue weighted by molar-refractivity contribution is 7.86. The van der Waals surface area contributed by atoms with Gasteiger partial charge in [-0.3, -0.25) is 4.55 Å². The van der Waals surface area contributed by atoms with Crippen molar-refractivity contribution in [1.29, 1.82) is 0 Å². The summed E-state index contributed by atoms with van der Waals surface area (Å²) in [4.78, 5) is -0.0577. The van der Waals surface area contributed by atoms with Gasteiger partial charge in [0.15, 0.2) is 0 Å². The fourth-order valence-corrected chi connectivity index (χ4v) is 4.68. The normalized spacial score (nSPS) is 12.9. The Morgan fingerprint density at radius 1 is 1.38 bits per heavy atom. The van der Waals surface area contributed by atoms with Crippen molar-refractivity contribution in [3.8, 4) is 0 Å². The minimum atomic E-state index is -4.29. The summed E-state index contributed by atoms with van der Waals surface area (Å²) < 4.78 is 34.3. The number of thiol groups is 1. The van der Waals surface area contributed by atoms with E-state index in [0.29, 0.717) is 8.91 Å². The van der Waals surface area contributed by atoms with Crippen molar-refractivity contribution in [2.45, 2.75) is 42.2 Å². The van der Waals surface area contributed by atoms with Gasteiger partial charge in [-0.15, -0.1) is 24.0 Å². The zero-order chi connectivity index (χ0) is 16.2. The van der Waals surface area contributed by atoms with Crippen molar-refractivity contribution >= 4 is 44.2 Å². The molecule has 1 heterocycles. The lowest BCUT2D eigenvalue weighted by Crippen LogP contribution is -2.20. The van der Waals surface area contributed by atoms with Crippen LogP contribution in [-0.4, -0.2) is 13.0 Å². The fourth-order valence-electron chi connectivity index (χ4n) is 2.36. The van der Waals surface area contributed by atoms with Gasteiger partial charge in [0, 0.05) is 5.41 Å². The van der Waals surface area contributed by atoms with E-state index in [0.717, 1.165) is 22.1 Å². The van der Waals surface area contributed by atoms with Crippen LogP contribution in [0.5, 0.6) is 0 Å². The zero-order valence-corrected chi connectivity index (χ0v) is 14.9. The molecule has 0 radical (unpaired) electrons. The summed E-state index contributed by atoms with van der Waals surface area (Å²) in [5, 5.41) is 0.810. The summed E-state index contributed by atoms with van der Waals surface area (Å²) in [5.74, 6) is 0. The van der Waals surface area contributed by atoms with Crippen LogP contribution < -0.4 is 0 Å². The van der Waals surface area contributed by atoms with E-state index in [1.165, 1.54) is 11.3 Å². The summed E-state index contributed by atoms with van der Waals surface area (Å²) >= 11 is 5.56. The summed E-state index contributed by atoms with van der Waals surface area (Å²) in [7, 11) is -4.29. The quantitative estimate of drug-likeness (QED) is 0.487. The molecular weight excluding hydrogens is 324 g/mol. The zero-order valence-electron chi connectivity index (χ0n) is 12.4. The predicted octanol–water partition coefficient (Wildman–Crippen LogP) is 4.60. The molecule has 21 heavy (non-hydrogen) atoms. The number of rotatable bonds is 3. The highest BCUT2D eigenvalue weighted by atomic mass is 32.2. The minimum Gasteiger partial charge on any atom is -0.282 e. The average Bonchev–Trinajstić information content (AvgIpc) is 2.69. The second-order valence-electron chi connectivity index (χ2n) is 5.76. The Morgan fingerprint density at radius 3 is 2.43 bits per heavy atom. The average molecular weight is 343 g/mol. The van der Waals surface area contributed by atoms with Gasteiger partial charge in [-0.25, -0.2) is 0 Å². The first-order valence-electron chi connectivity index (χ1n) is 6.36.